The molecule has 1 aliphatic rings. The summed E-state index contributed by atoms with van der Waals surface area (Å²) in [6, 6.07) is 13.8. The van der Waals surface area contributed by atoms with Crippen LogP contribution in [0.3, 0.4) is 0 Å². The van der Waals surface area contributed by atoms with E-state index in [1.807, 2.05) is 13.0 Å². The minimum atomic E-state index is -3.53. The molecule has 22 heavy (non-hydrogen) atoms. The monoisotopic (exact) mass is 334 g/mol. The minimum absolute atomic E-state index is 0.263. The van der Waals surface area contributed by atoms with Gasteiger partial charge < -0.3 is 4.79 Å². The van der Waals surface area contributed by atoms with E-state index in [0.29, 0.717) is 5.02 Å². The summed E-state index contributed by atoms with van der Waals surface area (Å²) in [5.74, 6) is -0.827. The number of aryl methyl sites for hydroxylation is 1. The molecule has 0 heterocycles. The zero-order valence-electron chi connectivity index (χ0n) is 11.9. The molecule has 0 aliphatic heterocycles. The normalized spacial score (nSPS) is 24.0. The molecule has 1 aliphatic carbocycles. The molecule has 0 bridgehead atoms. The Morgan fingerprint density at radius 2 is 1.77 bits per heavy atom. The van der Waals surface area contributed by atoms with E-state index in [4.69, 9.17) is 11.6 Å². The van der Waals surface area contributed by atoms with Crippen LogP contribution in [0.25, 0.3) is 0 Å². The third-order valence-corrected chi connectivity index (χ3v) is 6.59. The zero-order chi connectivity index (χ0) is 15.9. The van der Waals surface area contributed by atoms with Gasteiger partial charge in [0.15, 0.2) is 9.84 Å². The highest BCUT2D eigenvalue weighted by Crippen LogP contribution is 2.53. The minimum Gasteiger partial charge on any atom is -0.303 e. The third kappa shape index (κ3) is 2.57. The summed E-state index contributed by atoms with van der Waals surface area (Å²) >= 11 is 5.97. The first kappa shape index (κ1) is 15.3. The summed E-state index contributed by atoms with van der Waals surface area (Å²) in [4.78, 5) is 11.5. The van der Waals surface area contributed by atoms with E-state index in [2.05, 4.69) is 0 Å². The van der Waals surface area contributed by atoms with Gasteiger partial charge in [0.1, 0.15) is 6.29 Å². The average molecular weight is 335 g/mol. The number of sulfone groups is 1. The Hall–Kier alpha value is -1.65. The Bertz CT molecular complexity index is 812. The first-order chi connectivity index (χ1) is 10.4. The third-order valence-electron chi connectivity index (χ3n) is 4.11. The largest absolute Gasteiger partial charge is 0.303 e. The molecule has 114 valence electrons. The maximum Gasteiger partial charge on any atom is 0.182 e. The maximum atomic E-state index is 12.8. The predicted molar refractivity (Wildman–Crippen MR) is 85.9 cm³/mol. The van der Waals surface area contributed by atoms with Crippen LogP contribution in [-0.2, 0) is 14.6 Å². The van der Waals surface area contributed by atoms with E-state index in [1.54, 1.807) is 42.5 Å². The Labute approximate surface area is 134 Å². The lowest BCUT2D eigenvalue weighted by Gasteiger charge is -2.05. The van der Waals surface area contributed by atoms with Crippen molar-refractivity contribution in [2.24, 2.45) is 5.92 Å². The van der Waals surface area contributed by atoms with Gasteiger partial charge in [-0.1, -0.05) is 41.4 Å². The zero-order valence-corrected chi connectivity index (χ0v) is 13.5. The van der Waals surface area contributed by atoms with Gasteiger partial charge in [0.05, 0.1) is 10.1 Å². The molecular formula is C17H15ClO3S. The molecule has 0 N–H and O–H groups in total. The van der Waals surface area contributed by atoms with E-state index in [0.717, 1.165) is 17.4 Å². The maximum absolute atomic E-state index is 12.8. The smallest absolute Gasteiger partial charge is 0.182 e. The molecule has 2 aromatic carbocycles. The number of carbonyl (C=O) groups excluding carboxylic acids is 1. The second-order valence-electron chi connectivity index (χ2n) is 5.62. The molecule has 0 unspecified atom stereocenters. The average Bonchev–Trinajstić information content (AvgIpc) is 3.23. The lowest BCUT2D eigenvalue weighted by Crippen LogP contribution is -2.11. The molecule has 0 saturated heterocycles. The summed E-state index contributed by atoms with van der Waals surface area (Å²) in [5, 5.41) is -0.160. The standard InChI is InChI=1S/C17H15ClO3S/c1-11-5-7-14(8-6-11)22(20,21)17-15(10-19)16(17)12-3-2-4-13(18)9-12/h2-10,15-17H,1H3/t15-,16+,17-/m1/s1. The topological polar surface area (TPSA) is 51.2 Å². The van der Waals surface area contributed by atoms with E-state index in [-0.39, 0.29) is 10.8 Å². The molecule has 0 aromatic heterocycles. The van der Waals surface area contributed by atoms with Crippen molar-refractivity contribution in [1.82, 2.24) is 0 Å². The van der Waals surface area contributed by atoms with Gasteiger partial charge in [-0.15, -0.1) is 0 Å². The van der Waals surface area contributed by atoms with E-state index in [9.17, 15) is 13.2 Å². The number of hydrogen-bond acceptors (Lipinski definition) is 3. The van der Waals surface area contributed by atoms with Crippen molar-refractivity contribution in [3.8, 4) is 0 Å². The highest BCUT2D eigenvalue weighted by molar-refractivity contribution is 7.92. The number of rotatable bonds is 4. The highest BCUT2D eigenvalue weighted by Gasteiger charge is 2.59. The summed E-state index contributed by atoms with van der Waals surface area (Å²) < 4.78 is 25.5. The van der Waals surface area contributed by atoms with Gasteiger partial charge in [-0.05, 0) is 36.8 Å². The fourth-order valence-electron chi connectivity index (χ4n) is 2.88. The second kappa shape index (κ2) is 5.52. The van der Waals surface area contributed by atoms with Crippen molar-refractivity contribution < 1.29 is 13.2 Å². The highest BCUT2D eigenvalue weighted by atomic mass is 35.5. The molecule has 0 amide bonds. The van der Waals surface area contributed by atoms with Crippen LogP contribution in [0.4, 0.5) is 0 Å². The first-order valence-corrected chi connectivity index (χ1v) is 8.89. The van der Waals surface area contributed by atoms with Crippen molar-refractivity contribution >= 4 is 27.7 Å². The van der Waals surface area contributed by atoms with Crippen LogP contribution >= 0.6 is 11.6 Å². The molecule has 0 radical (unpaired) electrons. The fourth-order valence-corrected chi connectivity index (χ4v) is 5.19. The van der Waals surface area contributed by atoms with Gasteiger partial charge >= 0.3 is 0 Å². The Balaban J connectivity index is 1.97. The van der Waals surface area contributed by atoms with Gasteiger partial charge in [0.2, 0.25) is 0 Å². The van der Waals surface area contributed by atoms with Gasteiger partial charge in [0.25, 0.3) is 0 Å². The van der Waals surface area contributed by atoms with Crippen molar-refractivity contribution in [2.75, 3.05) is 0 Å². The number of halogens is 1. The fraction of sp³-hybridized carbons (Fsp3) is 0.235. The van der Waals surface area contributed by atoms with Crippen LogP contribution in [-0.4, -0.2) is 20.0 Å². The van der Waals surface area contributed by atoms with Crippen LogP contribution in [0.15, 0.2) is 53.4 Å². The van der Waals surface area contributed by atoms with Crippen LogP contribution in [0.2, 0.25) is 5.02 Å². The predicted octanol–water partition coefficient (Wildman–Crippen LogP) is 3.40. The summed E-state index contributed by atoms with van der Waals surface area (Å²) in [7, 11) is -3.53. The summed E-state index contributed by atoms with van der Waals surface area (Å²) in [6.07, 6.45) is 0.738. The van der Waals surface area contributed by atoms with Crippen LogP contribution in [0.1, 0.15) is 17.0 Å². The first-order valence-electron chi connectivity index (χ1n) is 6.96. The van der Waals surface area contributed by atoms with Gasteiger partial charge in [0, 0.05) is 16.9 Å². The Morgan fingerprint density at radius 3 is 2.36 bits per heavy atom. The molecule has 5 heteroatoms. The number of benzene rings is 2. The number of carbonyl (C=O) groups is 1. The number of hydrogen-bond donors (Lipinski definition) is 0. The number of aldehydes is 1. The van der Waals surface area contributed by atoms with Gasteiger partial charge in [-0.2, -0.15) is 0 Å². The van der Waals surface area contributed by atoms with E-state index < -0.39 is 21.0 Å². The summed E-state index contributed by atoms with van der Waals surface area (Å²) in [6.45, 7) is 1.90. The summed E-state index contributed by atoms with van der Waals surface area (Å²) in [5.41, 5.74) is 1.79. The molecule has 3 rings (SSSR count). The Morgan fingerprint density at radius 1 is 1.09 bits per heavy atom. The van der Waals surface area contributed by atoms with Gasteiger partial charge in [-0.25, -0.2) is 8.42 Å². The quantitative estimate of drug-likeness (QED) is 0.805. The molecule has 0 spiro atoms. The van der Waals surface area contributed by atoms with Crippen molar-refractivity contribution in [2.45, 2.75) is 23.0 Å². The molecular weight excluding hydrogens is 320 g/mol. The van der Waals surface area contributed by atoms with Gasteiger partial charge in [-0.3, -0.25) is 0 Å². The SMILES string of the molecule is Cc1ccc(S(=O)(=O)[C@@H]2[C@H](C=O)[C@@H]2c2cccc(Cl)c2)cc1. The molecule has 1 fully saturated rings. The molecule has 2 aromatic rings. The van der Waals surface area contributed by atoms with Crippen molar-refractivity contribution in [3.05, 3.63) is 64.7 Å². The van der Waals surface area contributed by atoms with Crippen LogP contribution in [0.5, 0.6) is 0 Å². The van der Waals surface area contributed by atoms with Crippen molar-refractivity contribution in [3.63, 3.8) is 0 Å². The molecule has 1 saturated carbocycles. The lowest BCUT2D eigenvalue weighted by molar-refractivity contribution is -0.108. The second-order valence-corrected chi connectivity index (χ2v) is 8.16. The van der Waals surface area contributed by atoms with E-state index >= 15 is 0 Å². The lowest BCUT2D eigenvalue weighted by atomic mass is 10.1. The van der Waals surface area contributed by atoms with E-state index in [1.165, 1.54) is 0 Å². The van der Waals surface area contributed by atoms with Crippen molar-refractivity contribution in [1.29, 1.82) is 0 Å². The Kier molecular flexibility index (Phi) is 3.83. The van der Waals surface area contributed by atoms with Crippen LogP contribution < -0.4 is 0 Å². The molecule has 3 nitrogen and oxygen atoms in total. The molecule has 3 atom stereocenters. The van der Waals surface area contributed by atoms with Crippen LogP contribution in [0, 0.1) is 12.8 Å².